The van der Waals surface area contributed by atoms with Crippen LogP contribution < -0.4 is 0 Å². The van der Waals surface area contributed by atoms with Gasteiger partial charge in [-0.15, -0.1) is 0 Å². The number of nitrogens with one attached hydrogen (secondary N) is 1. The minimum atomic E-state index is -0.442. The van der Waals surface area contributed by atoms with Crippen molar-refractivity contribution in [2.45, 2.75) is 6.92 Å². The SMILES string of the molecule is Cc1ccccc1-c1n[nH]c(=S)n1/N=C/c1ccc(-c2cccc([N+](=O)[O-])c2)o1. The monoisotopic (exact) mass is 405 g/mol. The number of nitro benzene ring substituents is 1. The Morgan fingerprint density at radius 3 is 2.83 bits per heavy atom. The van der Waals surface area contributed by atoms with E-state index >= 15 is 0 Å². The lowest BCUT2D eigenvalue weighted by atomic mass is 10.1. The van der Waals surface area contributed by atoms with Crippen LogP contribution in [0.2, 0.25) is 0 Å². The molecule has 8 nitrogen and oxygen atoms in total. The van der Waals surface area contributed by atoms with Gasteiger partial charge in [-0.1, -0.05) is 36.4 Å². The second kappa shape index (κ2) is 7.64. The Bertz CT molecular complexity index is 1290. The number of aryl methyl sites for hydroxylation is 1. The molecule has 2 aromatic carbocycles. The number of nitro groups is 1. The third-order valence-corrected chi connectivity index (χ3v) is 4.57. The first kappa shape index (κ1) is 18.5. The summed E-state index contributed by atoms with van der Waals surface area (Å²) in [6.45, 7) is 1.99. The van der Waals surface area contributed by atoms with Crippen LogP contribution in [0, 0.1) is 21.8 Å². The van der Waals surface area contributed by atoms with Crippen molar-refractivity contribution in [3.05, 3.63) is 86.9 Å². The number of hydrogen-bond donors (Lipinski definition) is 1. The Labute approximate surface area is 170 Å². The zero-order chi connectivity index (χ0) is 20.4. The van der Waals surface area contributed by atoms with E-state index in [9.17, 15) is 10.1 Å². The van der Waals surface area contributed by atoms with E-state index in [0.29, 0.717) is 27.7 Å². The third-order valence-electron chi connectivity index (χ3n) is 4.31. The van der Waals surface area contributed by atoms with Gasteiger partial charge in [0.15, 0.2) is 5.82 Å². The molecule has 4 aromatic rings. The quantitative estimate of drug-likeness (QED) is 0.219. The lowest BCUT2D eigenvalue weighted by Crippen LogP contribution is -1.96. The highest BCUT2D eigenvalue weighted by molar-refractivity contribution is 7.71. The summed E-state index contributed by atoms with van der Waals surface area (Å²) < 4.78 is 7.63. The van der Waals surface area contributed by atoms with Gasteiger partial charge in [0, 0.05) is 23.3 Å². The summed E-state index contributed by atoms with van der Waals surface area (Å²) in [4.78, 5) is 10.5. The van der Waals surface area contributed by atoms with Crippen molar-refractivity contribution in [1.29, 1.82) is 0 Å². The summed E-state index contributed by atoms with van der Waals surface area (Å²) >= 11 is 5.29. The molecule has 0 aliphatic heterocycles. The van der Waals surface area contributed by atoms with Crippen molar-refractivity contribution < 1.29 is 9.34 Å². The van der Waals surface area contributed by atoms with Gasteiger partial charge in [0.05, 0.1) is 11.1 Å². The van der Waals surface area contributed by atoms with Crippen LogP contribution >= 0.6 is 12.2 Å². The Morgan fingerprint density at radius 2 is 2.03 bits per heavy atom. The van der Waals surface area contributed by atoms with Crippen molar-refractivity contribution in [2.75, 3.05) is 0 Å². The molecule has 4 rings (SSSR count). The Kier molecular flexibility index (Phi) is 4.88. The van der Waals surface area contributed by atoms with E-state index in [2.05, 4.69) is 15.3 Å². The Hall–Kier alpha value is -3.85. The molecular weight excluding hydrogens is 390 g/mol. The average Bonchev–Trinajstić information content (AvgIpc) is 3.34. The second-order valence-electron chi connectivity index (χ2n) is 6.23. The number of non-ortho nitro benzene ring substituents is 1. The molecule has 0 saturated carbocycles. The number of furan rings is 1. The molecule has 0 atom stereocenters. The topological polar surface area (TPSA) is 102 Å². The largest absolute Gasteiger partial charge is 0.455 e. The molecule has 2 heterocycles. The second-order valence-corrected chi connectivity index (χ2v) is 6.62. The fourth-order valence-electron chi connectivity index (χ4n) is 2.86. The Balaban J connectivity index is 1.65. The fraction of sp³-hybridized carbons (Fsp3) is 0.0500. The van der Waals surface area contributed by atoms with Crippen LogP contribution in [0.3, 0.4) is 0 Å². The number of aromatic nitrogens is 3. The van der Waals surface area contributed by atoms with Crippen molar-refractivity contribution in [2.24, 2.45) is 5.10 Å². The van der Waals surface area contributed by atoms with E-state index in [-0.39, 0.29) is 5.69 Å². The van der Waals surface area contributed by atoms with Gasteiger partial charge in [-0.2, -0.15) is 14.9 Å². The molecular formula is C20H15N5O3S. The summed E-state index contributed by atoms with van der Waals surface area (Å²) in [7, 11) is 0. The highest BCUT2D eigenvalue weighted by Gasteiger charge is 2.12. The van der Waals surface area contributed by atoms with E-state index in [1.807, 2.05) is 31.2 Å². The summed E-state index contributed by atoms with van der Waals surface area (Å²) in [5.74, 6) is 1.57. The molecule has 0 amide bonds. The van der Waals surface area contributed by atoms with Gasteiger partial charge in [-0.05, 0) is 36.8 Å². The molecule has 9 heteroatoms. The van der Waals surface area contributed by atoms with E-state index in [1.165, 1.54) is 23.0 Å². The van der Waals surface area contributed by atoms with E-state index < -0.39 is 4.92 Å². The van der Waals surface area contributed by atoms with E-state index in [1.54, 1.807) is 24.3 Å². The maximum absolute atomic E-state index is 11.0. The normalized spacial score (nSPS) is 11.2. The van der Waals surface area contributed by atoms with Crippen molar-refractivity contribution >= 4 is 24.1 Å². The molecule has 0 aliphatic carbocycles. The van der Waals surface area contributed by atoms with Gasteiger partial charge in [0.1, 0.15) is 11.5 Å². The average molecular weight is 405 g/mol. The summed E-state index contributed by atoms with van der Waals surface area (Å²) in [6.07, 6.45) is 1.52. The maximum Gasteiger partial charge on any atom is 0.270 e. The first-order valence-corrected chi connectivity index (χ1v) is 9.06. The van der Waals surface area contributed by atoms with Crippen molar-refractivity contribution in [3.63, 3.8) is 0 Å². The van der Waals surface area contributed by atoms with Crippen LogP contribution in [0.25, 0.3) is 22.7 Å². The lowest BCUT2D eigenvalue weighted by molar-refractivity contribution is -0.384. The minimum absolute atomic E-state index is 0.00157. The van der Waals surface area contributed by atoms with Crippen LogP contribution in [0.5, 0.6) is 0 Å². The van der Waals surface area contributed by atoms with Gasteiger partial charge < -0.3 is 4.42 Å². The molecule has 0 bridgehead atoms. The summed E-state index contributed by atoms with van der Waals surface area (Å²) in [6, 6.07) is 17.5. The van der Waals surface area contributed by atoms with E-state index in [4.69, 9.17) is 16.6 Å². The molecule has 2 aromatic heterocycles. The van der Waals surface area contributed by atoms with Crippen LogP contribution in [-0.2, 0) is 0 Å². The Morgan fingerprint density at radius 1 is 1.21 bits per heavy atom. The van der Waals surface area contributed by atoms with Gasteiger partial charge in [0.25, 0.3) is 5.69 Å². The number of aromatic amines is 1. The first-order valence-electron chi connectivity index (χ1n) is 8.65. The van der Waals surface area contributed by atoms with Crippen LogP contribution in [0.15, 0.2) is 70.2 Å². The maximum atomic E-state index is 11.0. The third kappa shape index (κ3) is 3.76. The van der Waals surface area contributed by atoms with Gasteiger partial charge in [-0.3, -0.25) is 10.1 Å². The molecule has 29 heavy (non-hydrogen) atoms. The van der Waals surface area contributed by atoms with Gasteiger partial charge in [0.2, 0.25) is 4.77 Å². The zero-order valence-electron chi connectivity index (χ0n) is 15.3. The fourth-order valence-corrected chi connectivity index (χ4v) is 3.04. The highest BCUT2D eigenvalue weighted by Crippen LogP contribution is 2.25. The molecule has 0 unspecified atom stereocenters. The lowest BCUT2D eigenvalue weighted by Gasteiger charge is -2.03. The zero-order valence-corrected chi connectivity index (χ0v) is 16.1. The van der Waals surface area contributed by atoms with Crippen molar-refractivity contribution in [3.8, 4) is 22.7 Å². The van der Waals surface area contributed by atoms with Gasteiger partial charge in [-0.25, -0.2) is 5.10 Å². The predicted molar refractivity (Wildman–Crippen MR) is 111 cm³/mol. The minimum Gasteiger partial charge on any atom is -0.455 e. The number of benzene rings is 2. The molecule has 0 saturated heterocycles. The van der Waals surface area contributed by atoms with Crippen LogP contribution in [0.1, 0.15) is 11.3 Å². The molecule has 0 spiro atoms. The highest BCUT2D eigenvalue weighted by atomic mass is 32.1. The standard InChI is InChI=1S/C20H15N5O3S/c1-13-5-2-3-8-17(13)19-22-23-20(29)24(19)21-12-16-9-10-18(28-16)14-6-4-7-15(11-14)25(26)27/h2-12H,1H3,(H,23,29)/b21-12+. The number of H-pyrrole nitrogens is 1. The molecule has 1 N–H and O–H groups in total. The molecule has 0 aliphatic rings. The summed E-state index contributed by atoms with van der Waals surface area (Å²) in [5, 5.41) is 22.4. The number of nitrogens with zero attached hydrogens (tertiary/aromatic N) is 4. The number of hydrogen-bond acceptors (Lipinski definition) is 6. The van der Waals surface area contributed by atoms with Crippen LogP contribution in [0.4, 0.5) is 5.69 Å². The predicted octanol–water partition coefficient (Wildman–Crippen LogP) is 4.97. The summed E-state index contributed by atoms with van der Waals surface area (Å²) in [5.41, 5.74) is 2.57. The molecule has 144 valence electrons. The molecule has 0 radical (unpaired) electrons. The van der Waals surface area contributed by atoms with Gasteiger partial charge >= 0.3 is 0 Å². The smallest absolute Gasteiger partial charge is 0.270 e. The number of rotatable bonds is 5. The van der Waals surface area contributed by atoms with E-state index in [0.717, 1.165) is 11.1 Å². The van der Waals surface area contributed by atoms with Crippen molar-refractivity contribution in [1.82, 2.24) is 14.9 Å². The molecule has 0 fully saturated rings. The van der Waals surface area contributed by atoms with Crippen LogP contribution in [-0.4, -0.2) is 26.0 Å². The first-order chi connectivity index (χ1) is 14.0.